The Bertz CT molecular complexity index is 1080. The van der Waals surface area contributed by atoms with Gasteiger partial charge in [0.05, 0.1) is 12.7 Å². The molecule has 3 aliphatic rings. The minimum Gasteiger partial charge on any atom is -0.374 e. The molecule has 2 fully saturated rings. The largest absolute Gasteiger partial charge is 0.374 e. The molecule has 3 atom stereocenters. The van der Waals surface area contributed by atoms with Crippen molar-refractivity contribution in [2.24, 2.45) is 5.92 Å². The van der Waals surface area contributed by atoms with E-state index in [-0.39, 0.29) is 0 Å². The lowest BCUT2D eigenvalue weighted by atomic mass is 9.74. The van der Waals surface area contributed by atoms with Crippen LogP contribution in [0.15, 0.2) is 89.8 Å². The van der Waals surface area contributed by atoms with E-state index in [9.17, 15) is 0 Å². The summed E-state index contributed by atoms with van der Waals surface area (Å²) >= 11 is 2.07. The zero-order valence-corrected chi connectivity index (χ0v) is 20.8. The first-order valence-electron chi connectivity index (χ1n) is 12.9. The minimum atomic E-state index is 0.352. The molecule has 0 amide bonds. The van der Waals surface area contributed by atoms with Crippen LogP contribution in [-0.4, -0.2) is 36.4 Å². The standard InChI is InChI=1S/C31H35NOS/c1-3-9-24(10-4-1)22-33-27-19-26(28(20-27)25-11-5-2-6-12-25)21-32-17-15-31(16-18-32)23-34-30-14-8-7-13-29(30)31/h1-14,26-28H,15-23H2. The van der Waals surface area contributed by atoms with E-state index in [0.717, 1.165) is 13.0 Å². The Morgan fingerprint density at radius 1 is 0.824 bits per heavy atom. The second-order valence-corrected chi connectivity index (χ2v) is 11.6. The monoisotopic (exact) mass is 469 g/mol. The number of nitrogens with zero attached hydrogens (tertiary/aromatic N) is 1. The van der Waals surface area contributed by atoms with Gasteiger partial charge in [-0.25, -0.2) is 0 Å². The van der Waals surface area contributed by atoms with Gasteiger partial charge in [0.2, 0.25) is 0 Å². The minimum absolute atomic E-state index is 0.352. The van der Waals surface area contributed by atoms with Gasteiger partial charge in [-0.05, 0) is 73.4 Å². The van der Waals surface area contributed by atoms with Gasteiger partial charge >= 0.3 is 0 Å². The van der Waals surface area contributed by atoms with Gasteiger partial charge in [-0.15, -0.1) is 11.8 Å². The number of likely N-dealkylation sites (tertiary alicyclic amines) is 1. The molecule has 0 aromatic heterocycles. The summed E-state index contributed by atoms with van der Waals surface area (Å²) in [6, 6.07) is 31.0. The molecule has 2 nitrogen and oxygen atoms in total. The molecule has 2 heterocycles. The lowest BCUT2D eigenvalue weighted by Gasteiger charge is -2.41. The van der Waals surface area contributed by atoms with E-state index in [1.54, 1.807) is 5.56 Å². The molecular formula is C31H35NOS. The van der Waals surface area contributed by atoms with Gasteiger partial charge < -0.3 is 9.64 Å². The third-order valence-electron chi connectivity index (χ3n) is 8.48. The molecule has 2 aliphatic heterocycles. The first-order valence-corrected chi connectivity index (χ1v) is 13.9. The van der Waals surface area contributed by atoms with Crippen LogP contribution < -0.4 is 0 Å². The second kappa shape index (κ2) is 9.89. The lowest BCUT2D eigenvalue weighted by Crippen LogP contribution is -2.44. The highest BCUT2D eigenvalue weighted by atomic mass is 32.2. The summed E-state index contributed by atoms with van der Waals surface area (Å²) in [5.74, 6) is 2.54. The van der Waals surface area contributed by atoms with E-state index in [4.69, 9.17) is 4.74 Å². The summed E-state index contributed by atoms with van der Waals surface area (Å²) in [4.78, 5) is 4.28. The Labute approximate surface area is 208 Å². The number of piperidine rings is 1. The Morgan fingerprint density at radius 3 is 2.32 bits per heavy atom. The Hall–Kier alpha value is -2.07. The maximum atomic E-state index is 6.45. The van der Waals surface area contributed by atoms with Crippen LogP contribution in [0, 0.1) is 5.92 Å². The molecule has 3 aromatic rings. The number of hydrogen-bond acceptors (Lipinski definition) is 3. The zero-order valence-electron chi connectivity index (χ0n) is 19.9. The van der Waals surface area contributed by atoms with Gasteiger partial charge in [0.25, 0.3) is 0 Å². The molecule has 0 N–H and O–H groups in total. The summed E-state index contributed by atoms with van der Waals surface area (Å²) in [5.41, 5.74) is 4.80. The first-order chi connectivity index (χ1) is 16.8. The molecule has 3 aromatic carbocycles. The summed E-state index contributed by atoms with van der Waals surface area (Å²) in [6.45, 7) is 4.38. The third kappa shape index (κ3) is 4.58. The van der Waals surface area contributed by atoms with Crippen molar-refractivity contribution in [1.29, 1.82) is 0 Å². The number of fused-ring (bicyclic) bond motifs is 2. The van der Waals surface area contributed by atoms with Crippen LogP contribution in [0.2, 0.25) is 0 Å². The third-order valence-corrected chi connectivity index (χ3v) is 9.84. The van der Waals surface area contributed by atoms with Crippen LogP contribution in [0.3, 0.4) is 0 Å². The molecule has 6 rings (SSSR count). The van der Waals surface area contributed by atoms with Crippen LogP contribution in [0.5, 0.6) is 0 Å². The van der Waals surface area contributed by atoms with E-state index in [2.05, 4.69) is 102 Å². The Balaban J connectivity index is 1.11. The van der Waals surface area contributed by atoms with E-state index < -0.39 is 0 Å². The summed E-state index contributed by atoms with van der Waals surface area (Å²) < 4.78 is 6.45. The molecule has 176 valence electrons. The van der Waals surface area contributed by atoms with Crippen molar-refractivity contribution < 1.29 is 4.74 Å². The maximum Gasteiger partial charge on any atom is 0.0720 e. The van der Waals surface area contributed by atoms with Crippen LogP contribution in [0.4, 0.5) is 0 Å². The molecular weight excluding hydrogens is 434 g/mol. The quantitative estimate of drug-likeness (QED) is 0.389. The fraction of sp³-hybridized carbons (Fsp3) is 0.419. The zero-order chi connectivity index (χ0) is 22.8. The van der Waals surface area contributed by atoms with Gasteiger partial charge in [-0.1, -0.05) is 78.9 Å². The molecule has 34 heavy (non-hydrogen) atoms. The second-order valence-electron chi connectivity index (χ2n) is 10.5. The summed E-state index contributed by atoms with van der Waals surface area (Å²) in [7, 11) is 0. The van der Waals surface area contributed by atoms with Crippen molar-refractivity contribution in [2.75, 3.05) is 25.4 Å². The Morgan fingerprint density at radius 2 is 1.53 bits per heavy atom. The molecule has 1 aliphatic carbocycles. The molecule has 0 radical (unpaired) electrons. The van der Waals surface area contributed by atoms with Gasteiger partial charge in [0.15, 0.2) is 0 Å². The summed E-state index contributed by atoms with van der Waals surface area (Å²) in [6.07, 6.45) is 5.27. The van der Waals surface area contributed by atoms with E-state index >= 15 is 0 Å². The number of hydrogen-bond donors (Lipinski definition) is 0. The number of benzene rings is 3. The van der Waals surface area contributed by atoms with Crippen molar-refractivity contribution in [2.45, 2.75) is 54.6 Å². The van der Waals surface area contributed by atoms with Crippen molar-refractivity contribution in [3.05, 3.63) is 102 Å². The van der Waals surface area contributed by atoms with Gasteiger partial charge in [-0.2, -0.15) is 0 Å². The van der Waals surface area contributed by atoms with Gasteiger partial charge in [-0.3, -0.25) is 0 Å². The molecule has 0 bridgehead atoms. The highest BCUT2D eigenvalue weighted by Crippen LogP contribution is 2.50. The van der Waals surface area contributed by atoms with Crippen LogP contribution in [0.1, 0.15) is 48.3 Å². The molecule has 3 heteroatoms. The van der Waals surface area contributed by atoms with Crippen LogP contribution in [0.25, 0.3) is 0 Å². The Kier molecular flexibility index (Phi) is 6.51. The van der Waals surface area contributed by atoms with Gasteiger partial charge in [0.1, 0.15) is 0 Å². The number of rotatable bonds is 6. The highest BCUT2D eigenvalue weighted by Gasteiger charge is 2.43. The SMILES string of the molecule is c1ccc(COC2CC(CN3CCC4(CC3)CSc3ccccc34)C(c3ccccc3)C2)cc1. The maximum absolute atomic E-state index is 6.45. The molecule has 3 unspecified atom stereocenters. The van der Waals surface area contributed by atoms with Crippen LogP contribution in [-0.2, 0) is 16.8 Å². The fourth-order valence-electron chi connectivity index (χ4n) is 6.54. The van der Waals surface area contributed by atoms with Crippen molar-refractivity contribution in [1.82, 2.24) is 4.90 Å². The highest BCUT2D eigenvalue weighted by molar-refractivity contribution is 7.99. The first kappa shape index (κ1) is 22.4. The fourth-order valence-corrected chi connectivity index (χ4v) is 8.03. The summed E-state index contributed by atoms with van der Waals surface area (Å²) in [5, 5.41) is 0. The predicted octanol–water partition coefficient (Wildman–Crippen LogP) is 6.91. The van der Waals surface area contributed by atoms with E-state index in [1.807, 2.05) is 0 Å². The number of ether oxygens (including phenoxy) is 1. The van der Waals surface area contributed by atoms with Crippen molar-refractivity contribution in [3.63, 3.8) is 0 Å². The molecule has 1 saturated carbocycles. The smallest absolute Gasteiger partial charge is 0.0720 e. The topological polar surface area (TPSA) is 12.5 Å². The van der Waals surface area contributed by atoms with Crippen molar-refractivity contribution >= 4 is 11.8 Å². The lowest BCUT2D eigenvalue weighted by molar-refractivity contribution is 0.0405. The normalized spacial score (nSPS) is 26.1. The van der Waals surface area contributed by atoms with Gasteiger partial charge in [0, 0.05) is 22.6 Å². The molecule has 1 spiro atoms. The predicted molar refractivity (Wildman–Crippen MR) is 141 cm³/mol. The number of thioether (sulfide) groups is 1. The van der Waals surface area contributed by atoms with E-state index in [1.165, 1.54) is 60.7 Å². The van der Waals surface area contributed by atoms with E-state index in [0.29, 0.717) is 23.4 Å². The average molecular weight is 470 g/mol. The van der Waals surface area contributed by atoms with Crippen LogP contribution >= 0.6 is 11.8 Å². The average Bonchev–Trinajstić information content (AvgIpc) is 3.47. The van der Waals surface area contributed by atoms with Crippen molar-refractivity contribution in [3.8, 4) is 0 Å². The molecule has 1 saturated heterocycles.